The molecule has 0 aliphatic carbocycles. The van der Waals surface area contributed by atoms with E-state index in [-0.39, 0.29) is 0 Å². The highest BCUT2D eigenvalue weighted by Gasteiger charge is 2.33. The molecular weight excluding hydrogens is 232 g/mol. The van der Waals surface area contributed by atoms with E-state index in [1.54, 1.807) is 0 Å². The maximum atomic E-state index is 10.8. The average molecular weight is 252 g/mol. The topological polar surface area (TPSA) is 33.2 Å². The Kier molecular flexibility index (Phi) is 3.25. The molecule has 0 N–H and O–H groups in total. The summed E-state index contributed by atoms with van der Waals surface area (Å²) in [6, 6.07) is 0. The highest BCUT2D eigenvalue weighted by molar-refractivity contribution is 7.17. The van der Waals surface area contributed by atoms with E-state index in [1.165, 1.54) is 17.8 Å². The molecule has 1 saturated heterocycles. The van der Waals surface area contributed by atoms with Crippen molar-refractivity contribution in [2.24, 2.45) is 11.3 Å². The van der Waals surface area contributed by atoms with Gasteiger partial charge in [0.05, 0.1) is 10.6 Å². The molecule has 0 aromatic carbocycles. The van der Waals surface area contributed by atoms with Gasteiger partial charge in [-0.1, -0.05) is 32.1 Å². The summed E-state index contributed by atoms with van der Waals surface area (Å²) in [6.45, 7) is 10.9. The van der Waals surface area contributed by atoms with Crippen LogP contribution >= 0.6 is 11.3 Å². The predicted molar refractivity (Wildman–Crippen MR) is 72.0 cm³/mol. The van der Waals surface area contributed by atoms with E-state index in [9.17, 15) is 4.79 Å². The van der Waals surface area contributed by atoms with Crippen LogP contribution in [0.4, 0.5) is 5.13 Å². The van der Waals surface area contributed by atoms with Crippen molar-refractivity contribution >= 4 is 22.8 Å². The number of nitrogens with zero attached hydrogens (tertiary/aromatic N) is 2. The summed E-state index contributed by atoms with van der Waals surface area (Å²) in [5.74, 6) is 0.714. The van der Waals surface area contributed by atoms with Crippen LogP contribution in [-0.2, 0) is 0 Å². The number of aromatic nitrogens is 1. The van der Waals surface area contributed by atoms with Gasteiger partial charge in [0.25, 0.3) is 0 Å². The summed E-state index contributed by atoms with van der Waals surface area (Å²) in [5.41, 5.74) is 1.22. The van der Waals surface area contributed by atoms with Gasteiger partial charge >= 0.3 is 0 Å². The molecule has 2 heterocycles. The number of carbonyl (C=O) groups excluding carboxylic acids is 1. The van der Waals surface area contributed by atoms with Crippen LogP contribution in [-0.4, -0.2) is 24.4 Å². The van der Waals surface area contributed by atoms with Crippen molar-refractivity contribution < 1.29 is 4.79 Å². The molecule has 1 unspecified atom stereocenters. The molecule has 1 aliphatic rings. The van der Waals surface area contributed by atoms with Crippen LogP contribution in [0.5, 0.6) is 0 Å². The van der Waals surface area contributed by atoms with Gasteiger partial charge in [-0.15, -0.1) is 0 Å². The van der Waals surface area contributed by atoms with Gasteiger partial charge in [-0.05, 0) is 24.7 Å². The molecule has 4 heteroatoms. The number of rotatable bonds is 2. The fourth-order valence-corrected chi connectivity index (χ4v) is 3.19. The van der Waals surface area contributed by atoms with Gasteiger partial charge in [0.1, 0.15) is 0 Å². The second-order valence-corrected chi connectivity index (χ2v) is 6.87. The molecule has 1 aromatic heterocycles. The van der Waals surface area contributed by atoms with Crippen LogP contribution in [0.2, 0.25) is 0 Å². The Labute approximate surface area is 107 Å². The minimum absolute atomic E-state index is 0.356. The van der Waals surface area contributed by atoms with E-state index in [4.69, 9.17) is 0 Å². The molecular formula is C13H20N2OS. The Morgan fingerprint density at radius 2 is 2.18 bits per heavy atom. The van der Waals surface area contributed by atoms with Crippen molar-refractivity contribution in [2.45, 2.75) is 34.1 Å². The smallest absolute Gasteiger partial charge is 0.186 e. The van der Waals surface area contributed by atoms with E-state index in [1.807, 2.05) is 6.92 Å². The summed E-state index contributed by atoms with van der Waals surface area (Å²) < 4.78 is 0. The van der Waals surface area contributed by atoms with Crippen LogP contribution in [0.25, 0.3) is 0 Å². The fourth-order valence-electron chi connectivity index (χ4n) is 2.28. The van der Waals surface area contributed by atoms with Gasteiger partial charge in [-0.3, -0.25) is 4.79 Å². The highest BCUT2D eigenvalue weighted by Crippen LogP contribution is 2.37. The lowest BCUT2D eigenvalue weighted by Crippen LogP contribution is -2.25. The van der Waals surface area contributed by atoms with Crippen LogP contribution in [0, 0.1) is 18.3 Å². The summed E-state index contributed by atoms with van der Waals surface area (Å²) in [7, 11) is 0. The van der Waals surface area contributed by atoms with Crippen LogP contribution < -0.4 is 4.90 Å². The molecule has 1 aromatic rings. The van der Waals surface area contributed by atoms with Gasteiger partial charge in [-0.25, -0.2) is 4.98 Å². The second kappa shape index (κ2) is 4.41. The fraction of sp³-hybridized carbons (Fsp3) is 0.692. The van der Waals surface area contributed by atoms with E-state index in [2.05, 4.69) is 30.7 Å². The zero-order chi connectivity index (χ0) is 12.6. The second-order valence-electron chi connectivity index (χ2n) is 5.86. The number of carbonyl (C=O) groups is 1. The largest absolute Gasteiger partial charge is 0.348 e. The molecule has 0 spiro atoms. The summed E-state index contributed by atoms with van der Waals surface area (Å²) in [6.07, 6.45) is 2.13. The lowest BCUT2D eigenvalue weighted by molar-refractivity contribution is 0.112. The van der Waals surface area contributed by atoms with Crippen molar-refractivity contribution in [1.29, 1.82) is 0 Å². The van der Waals surface area contributed by atoms with Gasteiger partial charge in [0.2, 0.25) is 0 Å². The molecule has 1 aliphatic heterocycles. The molecule has 94 valence electrons. The number of aldehydes is 1. The van der Waals surface area contributed by atoms with Crippen molar-refractivity contribution in [3.63, 3.8) is 0 Å². The number of aryl methyl sites for hydroxylation is 1. The normalized spacial score (nSPS) is 20.9. The van der Waals surface area contributed by atoms with Crippen LogP contribution in [0.15, 0.2) is 0 Å². The number of thiazole rings is 1. The molecule has 1 fully saturated rings. The number of anilines is 1. The zero-order valence-electron chi connectivity index (χ0n) is 11.0. The van der Waals surface area contributed by atoms with Crippen molar-refractivity contribution in [3.05, 3.63) is 10.6 Å². The lowest BCUT2D eigenvalue weighted by atomic mass is 9.80. The van der Waals surface area contributed by atoms with E-state index >= 15 is 0 Å². The first-order chi connectivity index (χ1) is 7.91. The Balaban J connectivity index is 2.12. The predicted octanol–water partition coefficient (Wildman–Crippen LogP) is 3.14. The average Bonchev–Trinajstić information content (AvgIpc) is 2.82. The van der Waals surface area contributed by atoms with Gasteiger partial charge in [0.15, 0.2) is 11.4 Å². The Morgan fingerprint density at radius 1 is 1.47 bits per heavy atom. The van der Waals surface area contributed by atoms with Crippen molar-refractivity contribution in [3.8, 4) is 0 Å². The Hall–Kier alpha value is -0.900. The summed E-state index contributed by atoms with van der Waals surface area (Å²) >= 11 is 1.52. The molecule has 0 bridgehead atoms. The maximum absolute atomic E-state index is 10.8. The van der Waals surface area contributed by atoms with E-state index in [0.29, 0.717) is 11.3 Å². The molecule has 0 amide bonds. The van der Waals surface area contributed by atoms with Crippen molar-refractivity contribution in [2.75, 3.05) is 18.0 Å². The van der Waals surface area contributed by atoms with Gasteiger partial charge in [-0.2, -0.15) is 0 Å². The molecule has 0 radical (unpaired) electrons. The van der Waals surface area contributed by atoms with E-state index < -0.39 is 0 Å². The Morgan fingerprint density at radius 3 is 2.65 bits per heavy atom. The highest BCUT2D eigenvalue weighted by atomic mass is 32.1. The molecule has 17 heavy (non-hydrogen) atoms. The SMILES string of the molecule is Cc1nc(N2CCC(C(C)(C)C)C2)sc1C=O. The number of hydrogen-bond acceptors (Lipinski definition) is 4. The third kappa shape index (κ3) is 2.51. The molecule has 1 atom stereocenters. The van der Waals surface area contributed by atoms with Gasteiger partial charge < -0.3 is 4.90 Å². The quantitative estimate of drug-likeness (QED) is 0.758. The van der Waals surface area contributed by atoms with Crippen LogP contribution in [0.1, 0.15) is 42.6 Å². The summed E-state index contributed by atoms with van der Waals surface area (Å²) in [4.78, 5) is 18.4. The van der Waals surface area contributed by atoms with Crippen molar-refractivity contribution in [1.82, 2.24) is 4.98 Å². The maximum Gasteiger partial charge on any atom is 0.186 e. The molecule has 3 nitrogen and oxygen atoms in total. The third-order valence-electron chi connectivity index (χ3n) is 3.61. The van der Waals surface area contributed by atoms with Gasteiger partial charge in [0, 0.05) is 13.1 Å². The first-order valence-corrected chi connectivity index (χ1v) is 6.91. The lowest BCUT2D eigenvalue weighted by Gasteiger charge is -2.26. The minimum Gasteiger partial charge on any atom is -0.348 e. The summed E-state index contributed by atoms with van der Waals surface area (Å²) in [5, 5.41) is 1.01. The molecule has 0 saturated carbocycles. The standard InChI is InChI=1S/C13H20N2OS/c1-9-11(8-16)17-12(14-9)15-6-5-10(7-15)13(2,3)4/h8,10H,5-7H2,1-4H3. The first-order valence-electron chi connectivity index (χ1n) is 6.09. The van der Waals surface area contributed by atoms with Crippen LogP contribution in [0.3, 0.4) is 0 Å². The monoisotopic (exact) mass is 252 g/mol. The Bertz CT molecular complexity index is 420. The first kappa shape index (κ1) is 12.6. The number of hydrogen-bond donors (Lipinski definition) is 0. The molecule has 2 rings (SSSR count). The van der Waals surface area contributed by atoms with E-state index in [0.717, 1.165) is 35.1 Å². The third-order valence-corrected chi connectivity index (χ3v) is 4.76. The zero-order valence-corrected chi connectivity index (χ0v) is 11.8. The minimum atomic E-state index is 0.356.